The molecule has 19 heavy (non-hydrogen) atoms. The Kier molecular flexibility index (Phi) is 3.55. The van der Waals surface area contributed by atoms with Crippen molar-refractivity contribution in [3.05, 3.63) is 65.7 Å². The molecule has 0 fully saturated rings. The van der Waals surface area contributed by atoms with Gasteiger partial charge in [0.05, 0.1) is 0 Å². The molecule has 5 heteroatoms. The van der Waals surface area contributed by atoms with Gasteiger partial charge in [-0.25, -0.2) is 0 Å². The molecule has 2 nitrogen and oxygen atoms in total. The Morgan fingerprint density at radius 2 is 1.37 bits per heavy atom. The lowest BCUT2D eigenvalue weighted by Crippen LogP contribution is -2.20. The summed E-state index contributed by atoms with van der Waals surface area (Å²) >= 11 is 0. The van der Waals surface area contributed by atoms with Crippen LogP contribution in [0.15, 0.2) is 54.6 Å². The maximum Gasteiger partial charge on any atom is 0.482 e. The van der Waals surface area contributed by atoms with Crippen LogP contribution >= 0.6 is 0 Å². The van der Waals surface area contributed by atoms with Crippen molar-refractivity contribution in [2.75, 3.05) is 5.32 Å². The minimum atomic E-state index is -4.48. The lowest BCUT2D eigenvalue weighted by molar-refractivity contribution is -0.0999. The number of halogens is 3. The lowest BCUT2D eigenvalue weighted by atomic mass is 10.0. The number of nitrogens with one attached hydrogen (secondary N) is 1. The molecule has 0 atom stereocenters. The molecular formula is C14H10F3NO. The molecule has 0 radical (unpaired) electrons. The molecule has 0 bridgehead atoms. The van der Waals surface area contributed by atoms with Crippen LogP contribution < -0.4 is 5.32 Å². The van der Waals surface area contributed by atoms with Crippen LogP contribution in [-0.4, -0.2) is 12.1 Å². The highest BCUT2D eigenvalue weighted by atomic mass is 19.4. The monoisotopic (exact) mass is 265 g/mol. The van der Waals surface area contributed by atoms with Crippen LogP contribution in [0.25, 0.3) is 0 Å². The highest BCUT2D eigenvalue weighted by molar-refractivity contribution is 6.09. The van der Waals surface area contributed by atoms with Gasteiger partial charge in [-0.05, 0) is 24.3 Å². The Hall–Kier alpha value is -2.30. The van der Waals surface area contributed by atoms with Gasteiger partial charge in [-0.2, -0.15) is 13.2 Å². The Bertz CT molecular complexity index is 561. The number of anilines is 1. The van der Waals surface area contributed by atoms with Gasteiger partial charge in [0.25, 0.3) is 0 Å². The molecule has 0 saturated heterocycles. The fraction of sp³-hybridized carbons (Fsp3) is 0.0714. The van der Waals surface area contributed by atoms with Crippen molar-refractivity contribution in [2.45, 2.75) is 6.30 Å². The molecule has 0 heterocycles. The van der Waals surface area contributed by atoms with Gasteiger partial charge < -0.3 is 0 Å². The lowest BCUT2D eigenvalue weighted by Gasteiger charge is -2.10. The third-order valence-electron chi connectivity index (χ3n) is 2.47. The van der Waals surface area contributed by atoms with Gasteiger partial charge in [0.2, 0.25) is 0 Å². The van der Waals surface area contributed by atoms with Gasteiger partial charge in [0.15, 0.2) is 5.78 Å². The van der Waals surface area contributed by atoms with E-state index in [0.29, 0.717) is 11.1 Å². The zero-order valence-corrected chi connectivity index (χ0v) is 9.74. The number of hydrogen-bond acceptors (Lipinski definition) is 2. The minimum absolute atomic E-state index is 0.0999. The van der Waals surface area contributed by atoms with E-state index in [1.54, 1.807) is 30.3 Å². The van der Waals surface area contributed by atoms with Gasteiger partial charge in [-0.1, -0.05) is 30.3 Å². The average Bonchev–Trinajstić information content (AvgIpc) is 2.38. The number of hydrogen-bond donors (Lipinski definition) is 1. The summed E-state index contributed by atoms with van der Waals surface area (Å²) in [6, 6.07) is 13.7. The molecule has 2 aromatic carbocycles. The summed E-state index contributed by atoms with van der Waals surface area (Å²) in [4.78, 5) is 12.0. The second kappa shape index (κ2) is 5.14. The standard InChI is InChI=1S/C14H10F3NO/c15-14(16,17)18-12-8-6-11(7-9-12)13(19)10-4-2-1-3-5-10/h1-9,18H. The topological polar surface area (TPSA) is 29.1 Å². The van der Waals surface area contributed by atoms with Crippen LogP contribution in [0, 0.1) is 0 Å². The number of carbonyl (C=O) groups excluding carboxylic acids is 1. The molecule has 0 unspecified atom stereocenters. The molecule has 2 rings (SSSR count). The van der Waals surface area contributed by atoms with Crippen LogP contribution in [-0.2, 0) is 0 Å². The van der Waals surface area contributed by atoms with E-state index in [0.717, 1.165) is 0 Å². The highest BCUT2D eigenvalue weighted by Crippen LogP contribution is 2.20. The van der Waals surface area contributed by atoms with Crippen LogP contribution in [0.4, 0.5) is 18.9 Å². The Labute approximate surface area is 107 Å². The predicted molar refractivity (Wildman–Crippen MR) is 66.0 cm³/mol. The molecule has 0 saturated carbocycles. The quantitative estimate of drug-likeness (QED) is 0.674. The molecule has 0 aromatic heterocycles. The SMILES string of the molecule is O=C(c1ccccc1)c1ccc(NC(F)(F)F)cc1. The summed E-state index contributed by atoms with van der Waals surface area (Å²) in [7, 11) is 0. The maximum absolute atomic E-state index is 12.1. The van der Waals surface area contributed by atoms with Crippen molar-refractivity contribution < 1.29 is 18.0 Å². The normalized spacial score (nSPS) is 11.1. The van der Waals surface area contributed by atoms with Crippen LogP contribution in [0.5, 0.6) is 0 Å². The second-order valence-electron chi connectivity index (χ2n) is 3.90. The summed E-state index contributed by atoms with van der Waals surface area (Å²) in [5, 5.41) is 1.38. The van der Waals surface area contributed by atoms with Crippen molar-refractivity contribution in [2.24, 2.45) is 0 Å². The van der Waals surface area contributed by atoms with Crippen molar-refractivity contribution >= 4 is 11.5 Å². The van der Waals surface area contributed by atoms with Crippen LogP contribution in [0.1, 0.15) is 15.9 Å². The largest absolute Gasteiger partial charge is 0.482 e. The fourth-order valence-corrected chi connectivity index (χ4v) is 1.62. The number of alkyl halides is 3. The molecule has 98 valence electrons. The van der Waals surface area contributed by atoms with Gasteiger partial charge in [0, 0.05) is 16.8 Å². The Morgan fingerprint density at radius 3 is 1.89 bits per heavy atom. The van der Waals surface area contributed by atoms with Gasteiger partial charge in [-0.15, -0.1) is 0 Å². The van der Waals surface area contributed by atoms with Gasteiger partial charge in [0.1, 0.15) is 0 Å². The summed E-state index contributed by atoms with van der Waals surface area (Å²) in [6.45, 7) is 0. The molecule has 0 aliphatic rings. The summed E-state index contributed by atoms with van der Waals surface area (Å²) < 4.78 is 36.3. The smallest absolute Gasteiger partial charge is 0.298 e. The molecule has 2 aromatic rings. The highest BCUT2D eigenvalue weighted by Gasteiger charge is 2.26. The van der Waals surface area contributed by atoms with Crippen molar-refractivity contribution in [3.8, 4) is 0 Å². The van der Waals surface area contributed by atoms with Crippen molar-refractivity contribution in [1.82, 2.24) is 0 Å². The molecule has 0 spiro atoms. The third-order valence-corrected chi connectivity index (χ3v) is 2.47. The van der Waals surface area contributed by atoms with E-state index in [2.05, 4.69) is 0 Å². The number of benzene rings is 2. The summed E-state index contributed by atoms with van der Waals surface area (Å²) in [5.41, 5.74) is 0.745. The predicted octanol–water partition coefficient (Wildman–Crippen LogP) is 3.85. The van der Waals surface area contributed by atoms with E-state index < -0.39 is 6.30 Å². The van der Waals surface area contributed by atoms with Gasteiger partial charge >= 0.3 is 6.30 Å². The molecule has 0 amide bonds. The van der Waals surface area contributed by atoms with E-state index in [1.165, 1.54) is 29.6 Å². The summed E-state index contributed by atoms with van der Waals surface area (Å²) in [5.74, 6) is -0.223. The second-order valence-corrected chi connectivity index (χ2v) is 3.90. The first-order valence-electron chi connectivity index (χ1n) is 5.50. The van der Waals surface area contributed by atoms with E-state index in [9.17, 15) is 18.0 Å². The zero-order valence-electron chi connectivity index (χ0n) is 9.74. The zero-order chi connectivity index (χ0) is 13.9. The van der Waals surface area contributed by atoms with Crippen molar-refractivity contribution in [1.29, 1.82) is 0 Å². The Balaban J connectivity index is 2.17. The number of carbonyl (C=O) groups is 1. The fourth-order valence-electron chi connectivity index (χ4n) is 1.62. The molecule has 0 aliphatic carbocycles. The van der Waals surface area contributed by atoms with E-state index >= 15 is 0 Å². The maximum atomic E-state index is 12.1. The minimum Gasteiger partial charge on any atom is -0.298 e. The first-order valence-corrected chi connectivity index (χ1v) is 5.50. The number of ketones is 1. The van der Waals surface area contributed by atoms with E-state index in [4.69, 9.17) is 0 Å². The van der Waals surface area contributed by atoms with Gasteiger partial charge in [-0.3, -0.25) is 10.1 Å². The van der Waals surface area contributed by atoms with Crippen LogP contribution in [0.3, 0.4) is 0 Å². The van der Waals surface area contributed by atoms with E-state index in [1.807, 2.05) is 0 Å². The third kappa shape index (κ3) is 3.58. The number of rotatable bonds is 3. The molecule has 1 N–H and O–H groups in total. The molecule has 0 aliphatic heterocycles. The molecular weight excluding hydrogens is 255 g/mol. The van der Waals surface area contributed by atoms with E-state index in [-0.39, 0.29) is 11.5 Å². The van der Waals surface area contributed by atoms with Crippen molar-refractivity contribution in [3.63, 3.8) is 0 Å². The average molecular weight is 265 g/mol. The Morgan fingerprint density at radius 1 is 0.842 bits per heavy atom. The summed E-state index contributed by atoms with van der Waals surface area (Å²) in [6.07, 6.45) is -4.48. The first-order chi connectivity index (χ1) is 8.96. The van der Waals surface area contributed by atoms with Crippen LogP contribution in [0.2, 0.25) is 0 Å². The first kappa shape index (κ1) is 13.1.